The van der Waals surface area contributed by atoms with E-state index in [9.17, 15) is 4.79 Å². The third-order valence-electron chi connectivity index (χ3n) is 5.69. The van der Waals surface area contributed by atoms with Crippen molar-refractivity contribution in [3.8, 4) is 0 Å². The van der Waals surface area contributed by atoms with Crippen LogP contribution in [0.5, 0.6) is 0 Å². The summed E-state index contributed by atoms with van der Waals surface area (Å²) in [4.78, 5) is 19.4. The second-order valence-electron chi connectivity index (χ2n) is 7.39. The van der Waals surface area contributed by atoms with E-state index in [0.717, 1.165) is 23.4 Å². The van der Waals surface area contributed by atoms with Gasteiger partial charge in [-0.3, -0.25) is 4.79 Å². The molecular formula is C21H25ClN2O2S. The normalized spacial score (nSPS) is 18.7. The van der Waals surface area contributed by atoms with E-state index < -0.39 is 5.41 Å². The van der Waals surface area contributed by atoms with Crippen LogP contribution in [0.25, 0.3) is 0 Å². The monoisotopic (exact) mass is 404 g/mol. The van der Waals surface area contributed by atoms with Gasteiger partial charge in [0.15, 0.2) is 0 Å². The molecule has 0 spiro atoms. The second-order valence-corrected chi connectivity index (χ2v) is 9.00. The number of halogens is 1. The topological polar surface area (TPSA) is 51.2 Å². The van der Waals surface area contributed by atoms with Gasteiger partial charge in [0.2, 0.25) is 5.91 Å². The molecule has 27 heavy (non-hydrogen) atoms. The van der Waals surface area contributed by atoms with Crippen molar-refractivity contribution in [1.82, 2.24) is 10.3 Å². The van der Waals surface area contributed by atoms with E-state index in [1.165, 1.54) is 29.8 Å². The Bertz CT molecular complexity index is 774. The number of nitrogens with one attached hydrogen (secondary N) is 1. The number of amides is 1. The highest BCUT2D eigenvalue weighted by atomic mass is 35.5. The summed E-state index contributed by atoms with van der Waals surface area (Å²) in [5.74, 6) is 0.0921. The van der Waals surface area contributed by atoms with Gasteiger partial charge in [0.05, 0.1) is 16.1 Å². The minimum Gasteiger partial charge on any atom is -0.381 e. The van der Waals surface area contributed by atoms with Gasteiger partial charge in [0.1, 0.15) is 0 Å². The lowest BCUT2D eigenvalue weighted by Gasteiger charge is -2.36. The molecular weight excluding hydrogens is 380 g/mol. The minimum atomic E-state index is -0.523. The lowest BCUT2D eigenvalue weighted by atomic mass is 9.73. The van der Waals surface area contributed by atoms with Gasteiger partial charge in [0.25, 0.3) is 0 Å². The molecule has 1 N–H and O–H groups in total. The van der Waals surface area contributed by atoms with Crippen LogP contribution in [-0.4, -0.2) is 30.6 Å². The van der Waals surface area contributed by atoms with Crippen molar-refractivity contribution in [2.75, 3.05) is 19.8 Å². The van der Waals surface area contributed by atoms with E-state index >= 15 is 0 Å². The number of hydrogen-bond acceptors (Lipinski definition) is 4. The molecule has 1 aliphatic heterocycles. The number of nitrogens with zero attached hydrogens (tertiary/aromatic N) is 1. The van der Waals surface area contributed by atoms with Crippen LogP contribution in [-0.2, 0) is 34.2 Å². The number of hydrogen-bond donors (Lipinski definition) is 1. The molecule has 1 saturated heterocycles. The van der Waals surface area contributed by atoms with Crippen molar-refractivity contribution in [2.24, 2.45) is 0 Å². The molecule has 144 valence electrons. The number of aromatic nitrogens is 1. The summed E-state index contributed by atoms with van der Waals surface area (Å²) in [6.45, 7) is 1.84. The van der Waals surface area contributed by atoms with Crippen LogP contribution >= 0.6 is 22.9 Å². The first-order chi connectivity index (χ1) is 13.2. The maximum absolute atomic E-state index is 13.2. The van der Waals surface area contributed by atoms with Gasteiger partial charge in [-0.25, -0.2) is 4.98 Å². The largest absolute Gasteiger partial charge is 0.381 e. The van der Waals surface area contributed by atoms with E-state index in [0.29, 0.717) is 37.6 Å². The number of carbonyl (C=O) groups excluding carboxylic acids is 1. The summed E-state index contributed by atoms with van der Waals surface area (Å²) in [6.07, 6.45) is 7.00. The van der Waals surface area contributed by atoms with Crippen molar-refractivity contribution < 1.29 is 9.53 Å². The highest BCUT2D eigenvalue weighted by molar-refractivity contribution is 7.11. The van der Waals surface area contributed by atoms with Crippen LogP contribution in [0.15, 0.2) is 24.3 Å². The number of rotatable bonds is 5. The summed E-state index contributed by atoms with van der Waals surface area (Å²) in [6, 6.07) is 7.67. The third-order valence-corrected chi connectivity index (χ3v) is 7.16. The van der Waals surface area contributed by atoms with Crippen molar-refractivity contribution in [2.45, 2.75) is 50.4 Å². The number of thiazole rings is 1. The van der Waals surface area contributed by atoms with E-state index in [2.05, 4.69) is 5.32 Å². The SMILES string of the molecule is O=C(NCCc1nc2c(s1)CCCC2)C1(c2ccc(Cl)cc2)CCOCC1. The first-order valence-electron chi connectivity index (χ1n) is 9.77. The van der Waals surface area contributed by atoms with Crippen molar-refractivity contribution in [3.63, 3.8) is 0 Å². The molecule has 4 nitrogen and oxygen atoms in total. The summed E-state index contributed by atoms with van der Waals surface area (Å²) in [5.41, 5.74) is 1.79. The summed E-state index contributed by atoms with van der Waals surface area (Å²) < 4.78 is 5.53. The molecule has 4 rings (SSSR count). The van der Waals surface area contributed by atoms with Crippen LogP contribution in [0.4, 0.5) is 0 Å². The summed E-state index contributed by atoms with van der Waals surface area (Å²) in [5, 5.41) is 5.01. The molecule has 2 heterocycles. The fourth-order valence-electron chi connectivity index (χ4n) is 4.10. The Labute approximate surface area is 169 Å². The van der Waals surface area contributed by atoms with Gasteiger partial charge < -0.3 is 10.1 Å². The molecule has 0 saturated carbocycles. The average Bonchev–Trinajstić information content (AvgIpc) is 3.11. The number of benzene rings is 1. The van der Waals surface area contributed by atoms with Gasteiger partial charge in [-0.2, -0.15) is 0 Å². The van der Waals surface area contributed by atoms with Crippen LogP contribution in [0.3, 0.4) is 0 Å². The molecule has 0 radical (unpaired) electrons. The van der Waals surface area contributed by atoms with Crippen LogP contribution in [0.1, 0.15) is 46.8 Å². The first-order valence-corrected chi connectivity index (χ1v) is 11.0. The Morgan fingerprint density at radius 2 is 1.93 bits per heavy atom. The highest BCUT2D eigenvalue weighted by Crippen LogP contribution is 2.36. The predicted molar refractivity (Wildman–Crippen MR) is 109 cm³/mol. The summed E-state index contributed by atoms with van der Waals surface area (Å²) >= 11 is 7.86. The fourth-order valence-corrected chi connectivity index (χ4v) is 5.38. The zero-order chi connectivity index (χ0) is 18.7. The number of ether oxygens (including phenoxy) is 1. The lowest BCUT2D eigenvalue weighted by Crippen LogP contribution is -2.48. The molecule has 2 aromatic rings. The van der Waals surface area contributed by atoms with Crippen LogP contribution < -0.4 is 5.32 Å². The van der Waals surface area contributed by atoms with Crippen molar-refractivity contribution in [3.05, 3.63) is 50.4 Å². The van der Waals surface area contributed by atoms with E-state index in [1.54, 1.807) is 0 Å². The molecule has 0 unspecified atom stereocenters. The Morgan fingerprint density at radius 3 is 2.67 bits per heavy atom. The highest BCUT2D eigenvalue weighted by Gasteiger charge is 2.41. The Kier molecular flexibility index (Phi) is 5.81. The molecule has 6 heteroatoms. The predicted octanol–water partition coefficient (Wildman–Crippen LogP) is 4.08. The van der Waals surface area contributed by atoms with Gasteiger partial charge in [-0.05, 0) is 56.2 Å². The Morgan fingerprint density at radius 1 is 1.19 bits per heavy atom. The van der Waals surface area contributed by atoms with E-state index in [1.807, 2.05) is 35.6 Å². The molecule has 1 aromatic carbocycles. The number of carbonyl (C=O) groups is 1. The maximum atomic E-state index is 13.2. The van der Waals surface area contributed by atoms with Gasteiger partial charge in [-0.1, -0.05) is 23.7 Å². The maximum Gasteiger partial charge on any atom is 0.230 e. The Balaban J connectivity index is 1.42. The lowest BCUT2D eigenvalue weighted by molar-refractivity contribution is -0.130. The van der Waals surface area contributed by atoms with Gasteiger partial charge in [-0.15, -0.1) is 11.3 Å². The van der Waals surface area contributed by atoms with Crippen LogP contribution in [0, 0.1) is 0 Å². The fraction of sp³-hybridized carbons (Fsp3) is 0.524. The quantitative estimate of drug-likeness (QED) is 0.816. The number of fused-ring (bicyclic) bond motifs is 1. The van der Waals surface area contributed by atoms with Crippen molar-refractivity contribution >= 4 is 28.8 Å². The zero-order valence-electron chi connectivity index (χ0n) is 15.4. The molecule has 2 aliphatic rings. The van der Waals surface area contributed by atoms with Crippen LogP contribution in [0.2, 0.25) is 5.02 Å². The van der Waals surface area contributed by atoms with E-state index in [-0.39, 0.29) is 5.91 Å². The second kappa shape index (κ2) is 8.29. The third kappa shape index (κ3) is 4.05. The number of aryl methyl sites for hydroxylation is 2. The Hall–Kier alpha value is -1.43. The zero-order valence-corrected chi connectivity index (χ0v) is 17.0. The average molecular weight is 405 g/mol. The molecule has 0 bridgehead atoms. The molecule has 1 aliphatic carbocycles. The van der Waals surface area contributed by atoms with Gasteiger partial charge in [0, 0.05) is 36.1 Å². The van der Waals surface area contributed by atoms with Crippen molar-refractivity contribution in [1.29, 1.82) is 0 Å². The minimum absolute atomic E-state index is 0.0921. The van der Waals surface area contributed by atoms with E-state index in [4.69, 9.17) is 21.3 Å². The molecule has 1 fully saturated rings. The summed E-state index contributed by atoms with van der Waals surface area (Å²) in [7, 11) is 0. The molecule has 1 aromatic heterocycles. The smallest absolute Gasteiger partial charge is 0.230 e. The molecule has 0 atom stereocenters. The standard InChI is InChI=1S/C21H25ClN2O2S/c22-16-7-5-15(6-8-16)21(10-13-26-14-11-21)20(25)23-12-9-19-24-17-3-1-2-4-18(17)27-19/h5-8H,1-4,9-14H2,(H,23,25). The molecule has 1 amide bonds. The first kappa shape index (κ1) is 18.9. The van der Waals surface area contributed by atoms with Gasteiger partial charge >= 0.3 is 0 Å².